The van der Waals surface area contributed by atoms with E-state index in [1.165, 1.54) is 0 Å². The van der Waals surface area contributed by atoms with Gasteiger partial charge in [-0.25, -0.2) is 0 Å². The largest absolute Gasteiger partial charge is 0.481 e. The molecule has 3 heterocycles. The predicted molar refractivity (Wildman–Crippen MR) is 91.0 cm³/mol. The van der Waals surface area contributed by atoms with Crippen molar-refractivity contribution in [2.75, 3.05) is 23.7 Å². The second-order valence-corrected chi connectivity index (χ2v) is 7.25. The lowest BCUT2D eigenvalue weighted by Gasteiger charge is -2.43. The zero-order chi connectivity index (χ0) is 17.8. The van der Waals surface area contributed by atoms with E-state index in [9.17, 15) is 15.0 Å². The summed E-state index contributed by atoms with van der Waals surface area (Å²) in [5, 5.41) is 25.2. The molecule has 1 saturated heterocycles. The van der Waals surface area contributed by atoms with Gasteiger partial charge in [-0.3, -0.25) is 9.48 Å². The molecule has 2 fully saturated rings. The first-order valence-electron chi connectivity index (χ1n) is 8.52. The number of nitrogen functional groups attached to an aromatic ring is 1. The number of hydrogen-bond donors (Lipinski definition) is 3. The van der Waals surface area contributed by atoms with E-state index in [1.807, 2.05) is 4.90 Å². The number of aryl methyl sites for hydroxylation is 1. The molecule has 4 N–H and O–H groups in total. The average molecular weight is 346 g/mol. The van der Waals surface area contributed by atoms with Gasteiger partial charge in [0.1, 0.15) is 11.2 Å². The summed E-state index contributed by atoms with van der Waals surface area (Å²) in [5.74, 6) is 0.145. The van der Waals surface area contributed by atoms with Gasteiger partial charge in [-0.2, -0.15) is 15.1 Å². The number of nitrogens with two attached hydrogens (primary N) is 1. The maximum absolute atomic E-state index is 12.1. The Labute approximate surface area is 144 Å². The van der Waals surface area contributed by atoms with Crippen LogP contribution >= 0.6 is 0 Å². The molecule has 0 radical (unpaired) electrons. The van der Waals surface area contributed by atoms with Gasteiger partial charge >= 0.3 is 5.97 Å². The molecule has 2 aromatic rings. The fraction of sp³-hybridized carbons (Fsp3) is 0.625. The molecule has 1 aliphatic heterocycles. The maximum Gasteiger partial charge on any atom is 0.314 e. The van der Waals surface area contributed by atoms with Crippen LogP contribution in [0, 0.1) is 11.3 Å². The summed E-state index contributed by atoms with van der Waals surface area (Å²) < 4.78 is 1.62. The molecule has 4 rings (SSSR count). The third kappa shape index (κ3) is 2.58. The fourth-order valence-corrected chi connectivity index (χ4v) is 3.76. The molecule has 1 saturated carbocycles. The Morgan fingerprint density at radius 2 is 2.16 bits per heavy atom. The molecular formula is C16H22N6O3. The van der Waals surface area contributed by atoms with Crippen LogP contribution in [0.2, 0.25) is 0 Å². The summed E-state index contributed by atoms with van der Waals surface area (Å²) >= 11 is 0. The maximum atomic E-state index is 12.1. The fourth-order valence-electron chi connectivity index (χ4n) is 3.76. The molecule has 2 atom stereocenters. The van der Waals surface area contributed by atoms with Crippen LogP contribution < -0.4 is 10.6 Å². The summed E-state index contributed by atoms with van der Waals surface area (Å²) in [6.07, 6.45) is 3.68. The Hall–Kier alpha value is -2.42. The van der Waals surface area contributed by atoms with Crippen LogP contribution in [-0.4, -0.2) is 55.1 Å². The van der Waals surface area contributed by atoms with Crippen LogP contribution in [0.15, 0.2) is 6.20 Å². The van der Waals surface area contributed by atoms with Crippen LogP contribution in [0.5, 0.6) is 0 Å². The second-order valence-electron chi connectivity index (χ2n) is 7.25. The number of carbonyl (C=O) groups is 1. The summed E-state index contributed by atoms with van der Waals surface area (Å²) in [6.45, 7) is 0.673. The number of fused-ring (bicyclic) bond motifs is 1. The van der Waals surface area contributed by atoms with Gasteiger partial charge < -0.3 is 20.8 Å². The molecule has 0 amide bonds. The van der Waals surface area contributed by atoms with E-state index in [-0.39, 0.29) is 6.54 Å². The lowest BCUT2D eigenvalue weighted by atomic mass is 9.73. The van der Waals surface area contributed by atoms with Crippen molar-refractivity contribution in [1.82, 2.24) is 19.7 Å². The summed E-state index contributed by atoms with van der Waals surface area (Å²) in [4.78, 5) is 22.8. The highest BCUT2D eigenvalue weighted by Gasteiger charge is 2.52. The van der Waals surface area contributed by atoms with E-state index in [0.717, 1.165) is 12.8 Å². The zero-order valence-electron chi connectivity index (χ0n) is 14.1. The van der Waals surface area contributed by atoms with Crippen LogP contribution in [-0.2, 0) is 11.8 Å². The van der Waals surface area contributed by atoms with Crippen LogP contribution in [0.1, 0.15) is 25.7 Å². The molecule has 2 aromatic heterocycles. The van der Waals surface area contributed by atoms with Gasteiger partial charge in [-0.05, 0) is 18.8 Å². The van der Waals surface area contributed by atoms with E-state index >= 15 is 0 Å². The molecule has 9 heteroatoms. The number of rotatable bonds is 4. The summed E-state index contributed by atoms with van der Waals surface area (Å²) in [5.41, 5.74) is 5.45. The molecule has 25 heavy (non-hydrogen) atoms. The lowest BCUT2D eigenvalue weighted by Crippen LogP contribution is -2.56. The monoisotopic (exact) mass is 346 g/mol. The lowest BCUT2D eigenvalue weighted by molar-refractivity contribution is -0.158. The minimum Gasteiger partial charge on any atom is -0.481 e. The molecule has 134 valence electrons. The summed E-state index contributed by atoms with van der Waals surface area (Å²) in [6, 6.07) is 0. The molecule has 0 spiro atoms. The van der Waals surface area contributed by atoms with E-state index in [1.54, 1.807) is 17.9 Å². The molecule has 0 aromatic carbocycles. The van der Waals surface area contributed by atoms with Gasteiger partial charge in [-0.1, -0.05) is 12.8 Å². The highest BCUT2D eigenvalue weighted by Crippen LogP contribution is 2.45. The van der Waals surface area contributed by atoms with Gasteiger partial charge in [0.15, 0.2) is 5.65 Å². The number of aliphatic hydroxyl groups is 1. The summed E-state index contributed by atoms with van der Waals surface area (Å²) in [7, 11) is 1.77. The number of aromatic nitrogens is 4. The normalized spacial score (nSPS) is 27.0. The van der Waals surface area contributed by atoms with E-state index in [4.69, 9.17) is 5.73 Å². The number of piperidine rings is 1. The first-order chi connectivity index (χ1) is 11.9. The Morgan fingerprint density at radius 3 is 2.84 bits per heavy atom. The van der Waals surface area contributed by atoms with Crippen molar-refractivity contribution < 1.29 is 15.0 Å². The first kappa shape index (κ1) is 16.1. The number of aliphatic hydroxyl groups excluding tert-OH is 1. The van der Waals surface area contributed by atoms with Gasteiger partial charge in [-0.15, -0.1) is 0 Å². The molecule has 0 bridgehead atoms. The Bertz CT molecular complexity index is 833. The molecule has 2 aliphatic rings. The van der Waals surface area contributed by atoms with Gasteiger partial charge in [0.05, 0.1) is 17.7 Å². The smallest absolute Gasteiger partial charge is 0.314 e. The molecule has 9 nitrogen and oxygen atoms in total. The SMILES string of the molecule is Cn1ncc2c(N)nc(N3CC[C@H](O)[C@](CC4CC4)(C(=O)O)C3)nc21. The number of hydrogen-bond acceptors (Lipinski definition) is 7. The Balaban J connectivity index is 1.70. The van der Waals surface area contributed by atoms with E-state index in [0.29, 0.717) is 48.1 Å². The van der Waals surface area contributed by atoms with Gasteiger partial charge in [0.25, 0.3) is 0 Å². The highest BCUT2D eigenvalue weighted by atomic mass is 16.4. The van der Waals surface area contributed by atoms with Crippen molar-refractivity contribution in [2.24, 2.45) is 18.4 Å². The Kier molecular flexibility index (Phi) is 3.57. The van der Waals surface area contributed by atoms with Crippen molar-refractivity contribution in [1.29, 1.82) is 0 Å². The first-order valence-corrected chi connectivity index (χ1v) is 8.52. The minimum absolute atomic E-state index is 0.183. The number of aliphatic carboxylic acids is 1. The standard InChI is InChI=1S/C16H22N6O3/c1-21-13-10(7-18-21)12(17)19-15(20-13)22-5-4-11(23)16(8-22,14(24)25)6-9-2-3-9/h7,9,11,23H,2-6,8H2,1H3,(H,24,25)(H2,17,19,20)/t11-,16+/m0/s1. The number of nitrogens with zero attached hydrogens (tertiary/aromatic N) is 5. The van der Waals surface area contributed by atoms with Crippen molar-refractivity contribution in [2.45, 2.75) is 31.8 Å². The van der Waals surface area contributed by atoms with Gasteiger partial charge in [0, 0.05) is 20.1 Å². The second kappa shape index (κ2) is 5.55. The minimum atomic E-state index is -1.18. The average Bonchev–Trinajstić information content (AvgIpc) is 3.31. The quantitative estimate of drug-likeness (QED) is 0.724. The van der Waals surface area contributed by atoms with Crippen LogP contribution in [0.25, 0.3) is 11.0 Å². The van der Waals surface area contributed by atoms with Crippen molar-refractivity contribution >= 4 is 28.8 Å². The number of anilines is 2. The molecular weight excluding hydrogens is 324 g/mol. The third-order valence-electron chi connectivity index (χ3n) is 5.45. The Morgan fingerprint density at radius 1 is 1.40 bits per heavy atom. The van der Waals surface area contributed by atoms with Crippen molar-refractivity contribution in [3.05, 3.63) is 6.20 Å². The van der Waals surface area contributed by atoms with E-state index in [2.05, 4.69) is 15.1 Å². The third-order valence-corrected chi connectivity index (χ3v) is 5.45. The van der Waals surface area contributed by atoms with Crippen molar-refractivity contribution in [3.8, 4) is 0 Å². The zero-order valence-corrected chi connectivity index (χ0v) is 14.1. The predicted octanol–water partition coefficient (Wildman–Crippen LogP) is 0.388. The number of carboxylic acid groups (broad SMARTS) is 1. The van der Waals surface area contributed by atoms with Crippen LogP contribution in [0.3, 0.4) is 0 Å². The molecule has 0 unspecified atom stereocenters. The number of carboxylic acids is 1. The van der Waals surface area contributed by atoms with Crippen molar-refractivity contribution in [3.63, 3.8) is 0 Å². The van der Waals surface area contributed by atoms with Gasteiger partial charge in [0.2, 0.25) is 5.95 Å². The topological polar surface area (TPSA) is 130 Å². The van der Waals surface area contributed by atoms with E-state index < -0.39 is 17.5 Å². The van der Waals surface area contributed by atoms with Crippen LogP contribution in [0.4, 0.5) is 11.8 Å². The highest BCUT2D eigenvalue weighted by molar-refractivity contribution is 5.86. The molecule has 1 aliphatic carbocycles.